The van der Waals surface area contributed by atoms with Crippen LogP contribution in [-0.4, -0.2) is 51.1 Å². The zero-order chi connectivity index (χ0) is 11.1. The van der Waals surface area contributed by atoms with Crippen LogP contribution >= 0.6 is 0 Å². The molecule has 0 bridgehead atoms. The lowest BCUT2D eigenvalue weighted by atomic mass is 10.0. The molecule has 76 valence electrons. The molecule has 0 unspecified atom stereocenters. The van der Waals surface area contributed by atoms with Crippen molar-refractivity contribution >= 4 is 5.78 Å². The average molecular weight is 191 g/mol. The molecule has 0 heterocycles. The first-order valence-electron chi connectivity index (χ1n) is 4.33. The van der Waals surface area contributed by atoms with Gasteiger partial charge in [0.25, 0.3) is 0 Å². The number of rotatable bonds is 6. The second kappa shape index (κ2) is 5.82. The maximum Gasteiger partial charge on any atom is 0.167 e. The molecular weight excluding hydrogens is 176 g/mol. The maximum atomic E-state index is 11.0. The highest BCUT2D eigenvalue weighted by molar-refractivity contribution is 5.84. The van der Waals surface area contributed by atoms with Crippen molar-refractivity contribution in [2.75, 3.05) is 6.61 Å². The molecule has 0 fully saturated rings. The van der Waals surface area contributed by atoms with Crippen molar-refractivity contribution in [1.82, 2.24) is 0 Å². The number of carbonyl (C=O) groups excluding carboxylic acids is 1. The van der Waals surface area contributed by atoms with Crippen LogP contribution in [0.25, 0.3) is 0 Å². The molecule has 3 atom stereocenters. The monoisotopic (exact) mass is 191 g/mol. The van der Waals surface area contributed by atoms with Crippen LogP contribution in [0.3, 0.4) is 0 Å². The van der Waals surface area contributed by atoms with E-state index in [4.69, 9.17) is 21.8 Å². The summed E-state index contributed by atoms with van der Waals surface area (Å²) < 4.78 is 6.60. The number of allylic oxidation sites excluding steroid dienone is 1. The summed E-state index contributed by atoms with van der Waals surface area (Å²) in [5.41, 5.74) is 0. The van der Waals surface area contributed by atoms with Gasteiger partial charge in [-0.15, -0.1) is 6.55 Å². The van der Waals surface area contributed by atoms with Crippen molar-refractivity contribution in [3.8, 4) is 0 Å². The third-order valence-electron chi connectivity index (χ3n) is 1.55. The van der Waals surface area contributed by atoms with Crippen molar-refractivity contribution in [2.45, 2.75) is 24.7 Å². The molecule has 0 radical (unpaired) electrons. The predicted octanol–water partition coefficient (Wildman–Crippen LogP) is -1.79. The van der Waals surface area contributed by atoms with Gasteiger partial charge in [-0.05, 0) is 0 Å². The molecule has 0 saturated carbocycles. The van der Waals surface area contributed by atoms with Gasteiger partial charge in [0.05, 0.1) is 7.98 Å². The summed E-state index contributed by atoms with van der Waals surface area (Å²) in [6.07, 6.45) is -3.99. The van der Waals surface area contributed by atoms with E-state index in [9.17, 15) is 4.79 Å². The highest BCUT2D eigenvalue weighted by atomic mass is 16.4. The largest absolute Gasteiger partial charge is 0.394 e. The fourth-order valence-electron chi connectivity index (χ4n) is 0.746. The van der Waals surface area contributed by atoms with Crippen LogP contribution < -0.4 is 0 Å². The van der Waals surface area contributed by atoms with E-state index in [1.807, 2.05) is 0 Å². The van der Waals surface area contributed by atoms with Gasteiger partial charge in [-0.25, -0.2) is 0 Å². The number of Topliss-reactive ketones (excluding diaryl/α,β-unsaturated/α-hetero) is 1. The molecule has 0 aliphatic heterocycles. The fourth-order valence-corrected chi connectivity index (χ4v) is 0.746. The van der Waals surface area contributed by atoms with E-state index in [2.05, 4.69) is 0 Å². The SMILES string of the molecule is [2H]C=CCC(=O)[C@@H](O)[C@H](O)[C@H](O)CO. The molecular formula is C8H14O5. The Morgan fingerprint density at radius 3 is 2.62 bits per heavy atom. The maximum absolute atomic E-state index is 11.0. The lowest BCUT2D eigenvalue weighted by Crippen LogP contribution is -2.43. The molecule has 5 nitrogen and oxygen atoms in total. The molecule has 0 amide bonds. The van der Waals surface area contributed by atoms with Gasteiger partial charge in [0.15, 0.2) is 5.78 Å². The molecule has 5 heteroatoms. The summed E-state index contributed by atoms with van der Waals surface area (Å²) in [5, 5.41) is 35.6. The quantitative estimate of drug-likeness (QED) is 0.372. The molecule has 0 spiro atoms. The van der Waals surface area contributed by atoms with Crippen LogP contribution in [-0.2, 0) is 4.79 Å². The Hall–Kier alpha value is -0.750. The highest BCUT2D eigenvalue weighted by Gasteiger charge is 2.28. The summed E-state index contributed by atoms with van der Waals surface area (Å²) in [6.45, 7) is 0.152. The third kappa shape index (κ3) is 3.65. The van der Waals surface area contributed by atoms with Crippen molar-refractivity contribution in [1.29, 1.82) is 0 Å². The lowest BCUT2D eigenvalue weighted by Gasteiger charge is -2.19. The number of hydrogen-bond donors (Lipinski definition) is 4. The van der Waals surface area contributed by atoms with Gasteiger partial charge in [0.1, 0.15) is 18.3 Å². The van der Waals surface area contributed by atoms with E-state index in [1.54, 1.807) is 0 Å². The van der Waals surface area contributed by atoms with Gasteiger partial charge in [-0.1, -0.05) is 6.08 Å². The molecule has 0 aromatic heterocycles. The van der Waals surface area contributed by atoms with E-state index >= 15 is 0 Å². The number of hydrogen-bond acceptors (Lipinski definition) is 5. The standard InChI is InChI=1S/C8H14O5/c1-2-3-5(10)7(12)8(13)6(11)4-9/h2,6-9,11-13H,1,3-4H2/t6-,7-,8-/m1/s1/i1D. The molecule has 0 aromatic rings. The summed E-state index contributed by atoms with van der Waals surface area (Å²) in [5.74, 6) is -0.714. The zero-order valence-electron chi connectivity index (χ0n) is 8.00. The van der Waals surface area contributed by atoms with Gasteiger partial charge in [0.2, 0.25) is 0 Å². The van der Waals surface area contributed by atoms with Crippen LogP contribution in [0.5, 0.6) is 0 Å². The van der Waals surface area contributed by atoms with Gasteiger partial charge >= 0.3 is 0 Å². The molecule has 4 N–H and O–H groups in total. The van der Waals surface area contributed by atoms with E-state index < -0.39 is 30.7 Å². The average Bonchev–Trinajstić information content (AvgIpc) is 2.22. The second-order valence-corrected chi connectivity index (χ2v) is 2.59. The molecule has 0 aliphatic rings. The van der Waals surface area contributed by atoms with Gasteiger partial charge < -0.3 is 20.4 Å². The highest BCUT2D eigenvalue weighted by Crippen LogP contribution is 2.03. The first-order valence-corrected chi connectivity index (χ1v) is 3.75. The molecule has 0 rings (SSSR count). The topological polar surface area (TPSA) is 98.0 Å². The molecule has 0 saturated heterocycles. The van der Waals surface area contributed by atoms with Crippen LogP contribution in [0.1, 0.15) is 7.79 Å². The minimum Gasteiger partial charge on any atom is -0.394 e. The Labute approximate surface area is 77.3 Å². The van der Waals surface area contributed by atoms with E-state index in [-0.39, 0.29) is 6.42 Å². The Kier molecular flexibility index (Phi) is 4.63. The van der Waals surface area contributed by atoms with E-state index in [1.165, 1.54) is 6.08 Å². The van der Waals surface area contributed by atoms with Crippen molar-refractivity contribution in [3.63, 3.8) is 0 Å². The number of ketones is 1. The van der Waals surface area contributed by atoms with Gasteiger partial charge in [-0.2, -0.15) is 0 Å². The molecule has 0 aliphatic carbocycles. The summed E-state index contributed by atoms with van der Waals surface area (Å²) >= 11 is 0. The van der Waals surface area contributed by atoms with Gasteiger partial charge in [-0.3, -0.25) is 4.79 Å². The number of aliphatic hydroxyl groups excluding tert-OH is 4. The van der Waals surface area contributed by atoms with Gasteiger partial charge in [0, 0.05) is 6.42 Å². The normalized spacial score (nSPS) is 19.5. The van der Waals surface area contributed by atoms with Crippen LogP contribution in [0.4, 0.5) is 0 Å². The first kappa shape index (κ1) is 10.3. The number of aliphatic hydroxyl groups is 4. The summed E-state index contributed by atoms with van der Waals surface area (Å²) in [6, 6.07) is 0. The number of carbonyl (C=O) groups is 1. The minimum absolute atomic E-state index is 0.195. The second-order valence-electron chi connectivity index (χ2n) is 2.59. The lowest BCUT2D eigenvalue weighted by molar-refractivity contribution is -0.139. The Morgan fingerprint density at radius 1 is 1.54 bits per heavy atom. The van der Waals surface area contributed by atoms with Crippen molar-refractivity contribution < 1.29 is 26.6 Å². The van der Waals surface area contributed by atoms with Crippen LogP contribution in [0.15, 0.2) is 12.6 Å². The van der Waals surface area contributed by atoms with Crippen LogP contribution in [0, 0.1) is 0 Å². The van der Waals surface area contributed by atoms with E-state index in [0.717, 1.165) is 6.55 Å². The summed E-state index contributed by atoms with van der Waals surface area (Å²) in [7, 11) is 0. The Bertz CT molecular complexity index is 206. The predicted molar refractivity (Wildman–Crippen MR) is 44.9 cm³/mol. The third-order valence-corrected chi connectivity index (χ3v) is 1.55. The van der Waals surface area contributed by atoms with Crippen LogP contribution in [0.2, 0.25) is 0 Å². The minimum atomic E-state index is -1.74. The summed E-state index contributed by atoms with van der Waals surface area (Å²) in [4.78, 5) is 11.0. The smallest absolute Gasteiger partial charge is 0.167 e. The zero-order valence-corrected chi connectivity index (χ0v) is 7.00. The van der Waals surface area contributed by atoms with E-state index in [0.29, 0.717) is 0 Å². The Morgan fingerprint density at radius 2 is 2.15 bits per heavy atom. The molecule has 13 heavy (non-hydrogen) atoms. The van der Waals surface area contributed by atoms with Crippen molar-refractivity contribution in [3.05, 3.63) is 12.6 Å². The Balaban J connectivity index is 4.16. The fraction of sp³-hybridized carbons (Fsp3) is 0.625. The van der Waals surface area contributed by atoms with Crippen molar-refractivity contribution in [2.24, 2.45) is 0 Å². The molecule has 0 aromatic carbocycles. The first-order chi connectivity index (χ1) is 6.54.